The molecule has 5 heterocycles. The van der Waals surface area contributed by atoms with Gasteiger partial charge in [0.1, 0.15) is 11.2 Å². The molecule has 0 fully saturated rings. The van der Waals surface area contributed by atoms with Crippen molar-refractivity contribution >= 4 is 39.6 Å². The highest BCUT2D eigenvalue weighted by Crippen LogP contribution is 2.30. The van der Waals surface area contributed by atoms with Gasteiger partial charge in [-0.1, -0.05) is 13.8 Å². The minimum atomic E-state index is -0.142. The number of H-pyrrole nitrogens is 2. The zero-order valence-corrected chi connectivity index (χ0v) is 21.0. The summed E-state index contributed by atoms with van der Waals surface area (Å²) in [6, 6.07) is 3.80. The maximum Gasteiger partial charge on any atom is 0.257 e. The third-order valence-corrected chi connectivity index (χ3v) is 6.18. The minimum absolute atomic E-state index is 0.0807. The molecule has 0 aromatic carbocycles. The molecule has 5 rings (SSSR count). The van der Waals surface area contributed by atoms with E-state index in [0.29, 0.717) is 52.5 Å². The van der Waals surface area contributed by atoms with E-state index in [2.05, 4.69) is 35.5 Å². The van der Waals surface area contributed by atoms with Crippen molar-refractivity contribution < 1.29 is 9.59 Å². The van der Waals surface area contributed by atoms with Crippen molar-refractivity contribution in [2.45, 2.75) is 27.7 Å². The van der Waals surface area contributed by atoms with E-state index in [1.165, 1.54) is 0 Å². The monoisotopic (exact) mass is 497 g/mol. The Bertz CT molecular complexity index is 1620. The van der Waals surface area contributed by atoms with Gasteiger partial charge in [-0.15, -0.1) is 0 Å². The molecule has 0 radical (unpaired) electrons. The van der Waals surface area contributed by atoms with E-state index in [1.54, 1.807) is 35.9 Å². The molecule has 188 valence electrons. The number of fused-ring (bicyclic) bond motifs is 2. The number of anilines is 1. The normalized spacial score (nSPS) is 11.4. The molecule has 11 heteroatoms. The van der Waals surface area contributed by atoms with Gasteiger partial charge in [-0.2, -0.15) is 5.10 Å². The Kier molecular flexibility index (Phi) is 6.34. The number of carbonyl (C=O) groups is 2. The van der Waals surface area contributed by atoms with Crippen molar-refractivity contribution in [3.8, 4) is 22.6 Å². The summed E-state index contributed by atoms with van der Waals surface area (Å²) >= 11 is 0. The molecule has 0 unspecified atom stereocenters. The van der Waals surface area contributed by atoms with Crippen LogP contribution >= 0.6 is 0 Å². The quantitative estimate of drug-likeness (QED) is 0.308. The van der Waals surface area contributed by atoms with Gasteiger partial charge in [0, 0.05) is 48.7 Å². The van der Waals surface area contributed by atoms with Crippen molar-refractivity contribution in [3.63, 3.8) is 0 Å². The van der Waals surface area contributed by atoms with E-state index in [4.69, 9.17) is 4.98 Å². The van der Waals surface area contributed by atoms with E-state index in [1.807, 2.05) is 39.8 Å². The second kappa shape index (κ2) is 9.76. The maximum absolute atomic E-state index is 13.0. The summed E-state index contributed by atoms with van der Waals surface area (Å²) < 4.78 is 0. The number of nitrogens with one attached hydrogen (secondary N) is 3. The zero-order chi connectivity index (χ0) is 26.1. The number of imidazole rings is 1. The average molecular weight is 498 g/mol. The van der Waals surface area contributed by atoms with Crippen LogP contribution in [0.2, 0.25) is 0 Å². The van der Waals surface area contributed by atoms with E-state index in [0.717, 1.165) is 16.5 Å². The third kappa shape index (κ3) is 4.51. The zero-order valence-electron chi connectivity index (χ0n) is 21.0. The fraction of sp³-hybridized carbons (Fsp3) is 0.269. The van der Waals surface area contributed by atoms with E-state index in [9.17, 15) is 9.59 Å². The van der Waals surface area contributed by atoms with Gasteiger partial charge < -0.3 is 15.2 Å². The summed E-state index contributed by atoms with van der Waals surface area (Å²) in [6.07, 6.45) is 8.24. The van der Waals surface area contributed by atoms with Crippen molar-refractivity contribution in [2.75, 3.05) is 18.4 Å². The van der Waals surface area contributed by atoms with Crippen LogP contribution in [-0.2, 0) is 4.79 Å². The van der Waals surface area contributed by atoms with Crippen LogP contribution in [0.4, 0.5) is 5.69 Å². The Hall–Kier alpha value is -4.67. The fourth-order valence-electron chi connectivity index (χ4n) is 4.08. The largest absolute Gasteiger partial charge is 0.339 e. The number of nitrogens with zero attached hydrogens (tertiary/aromatic N) is 6. The van der Waals surface area contributed by atoms with Crippen molar-refractivity contribution in [1.29, 1.82) is 0 Å². The molecule has 5 aromatic heterocycles. The minimum Gasteiger partial charge on any atom is -0.339 e. The first-order valence-electron chi connectivity index (χ1n) is 12.1. The Morgan fingerprint density at radius 2 is 1.76 bits per heavy atom. The van der Waals surface area contributed by atoms with Gasteiger partial charge >= 0.3 is 0 Å². The van der Waals surface area contributed by atoms with Crippen LogP contribution in [0.5, 0.6) is 0 Å². The van der Waals surface area contributed by atoms with Crippen molar-refractivity contribution in [1.82, 2.24) is 40.0 Å². The molecule has 0 saturated carbocycles. The van der Waals surface area contributed by atoms with Crippen LogP contribution in [0.15, 0.2) is 43.1 Å². The lowest BCUT2D eigenvalue weighted by molar-refractivity contribution is -0.118. The predicted molar refractivity (Wildman–Crippen MR) is 141 cm³/mol. The highest BCUT2D eigenvalue weighted by Gasteiger charge is 2.21. The number of pyridine rings is 3. The number of hydrogen-bond acceptors (Lipinski definition) is 7. The average Bonchev–Trinajstić information content (AvgIpc) is 3.53. The highest BCUT2D eigenvalue weighted by atomic mass is 16.2. The summed E-state index contributed by atoms with van der Waals surface area (Å²) in [5.41, 5.74) is 4.99. The first-order valence-corrected chi connectivity index (χ1v) is 12.1. The molecular formula is C26H27N9O2. The van der Waals surface area contributed by atoms with Gasteiger partial charge in [-0.3, -0.25) is 24.7 Å². The van der Waals surface area contributed by atoms with Gasteiger partial charge in [-0.25, -0.2) is 9.97 Å². The summed E-state index contributed by atoms with van der Waals surface area (Å²) in [5, 5.41) is 11.0. The van der Waals surface area contributed by atoms with Crippen LogP contribution in [-0.4, -0.2) is 64.9 Å². The number of aromatic amines is 2. The lowest BCUT2D eigenvalue weighted by Gasteiger charge is -2.18. The van der Waals surface area contributed by atoms with Crippen LogP contribution < -0.4 is 5.32 Å². The van der Waals surface area contributed by atoms with Gasteiger partial charge in [0.15, 0.2) is 11.5 Å². The van der Waals surface area contributed by atoms with E-state index >= 15 is 0 Å². The van der Waals surface area contributed by atoms with Crippen molar-refractivity contribution in [2.24, 2.45) is 5.92 Å². The molecular weight excluding hydrogens is 470 g/mol. The molecule has 2 amide bonds. The molecule has 0 saturated heterocycles. The smallest absolute Gasteiger partial charge is 0.257 e. The third-order valence-electron chi connectivity index (χ3n) is 6.18. The number of rotatable bonds is 7. The Morgan fingerprint density at radius 1 is 1.00 bits per heavy atom. The van der Waals surface area contributed by atoms with E-state index < -0.39 is 0 Å². The van der Waals surface area contributed by atoms with Gasteiger partial charge in [0.2, 0.25) is 5.91 Å². The Balaban J connectivity index is 1.54. The Labute approximate surface area is 212 Å². The summed E-state index contributed by atoms with van der Waals surface area (Å²) in [4.78, 5) is 47.9. The molecule has 0 aliphatic heterocycles. The van der Waals surface area contributed by atoms with Crippen LogP contribution in [0.3, 0.4) is 0 Å². The van der Waals surface area contributed by atoms with Crippen LogP contribution in [0.1, 0.15) is 38.1 Å². The summed E-state index contributed by atoms with van der Waals surface area (Å²) in [6.45, 7) is 8.74. The topological polar surface area (TPSA) is 145 Å². The first-order chi connectivity index (χ1) is 17.9. The lowest BCUT2D eigenvalue weighted by Crippen LogP contribution is -2.30. The standard InChI is InChI=1S/C26H27N9O2/c1-5-35(6-2)26(37)19-12-28-13-20-21(19)32-24(31-20)22-18-8-16(10-29-23(18)34-33-22)15-7-17(11-27-9-15)30-25(36)14(3)4/h7-14H,5-6H2,1-4H3,(H,30,36)(H,31,32)(H,29,33,34). The van der Waals surface area contributed by atoms with Gasteiger partial charge in [0.25, 0.3) is 5.91 Å². The van der Waals surface area contributed by atoms with Crippen LogP contribution in [0, 0.1) is 5.92 Å². The lowest BCUT2D eigenvalue weighted by atomic mass is 10.1. The number of hydrogen-bond donors (Lipinski definition) is 3. The molecule has 0 spiro atoms. The van der Waals surface area contributed by atoms with Crippen molar-refractivity contribution in [3.05, 3.63) is 48.7 Å². The molecule has 11 nitrogen and oxygen atoms in total. The molecule has 0 bridgehead atoms. The molecule has 37 heavy (non-hydrogen) atoms. The summed E-state index contributed by atoms with van der Waals surface area (Å²) in [7, 11) is 0. The molecule has 0 aliphatic carbocycles. The second-order valence-corrected chi connectivity index (χ2v) is 8.94. The molecule has 3 N–H and O–H groups in total. The SMILES string of the molecule is CCN(CC)C(=O)c1cncc2[nH]c(-c3n[nH]c4ncc(-c5cncc(NC(=O)C(C)C)c5)cc34)nc12. The number of carbonyl (C=O) groups excluding carboxylic acids is 2. The molecule has 0 aliphatic rings. The Morgan fingerprint density at radius 3 is 2.51 bits per heavy atom. The summed E-state index contributed by atoms with van der Waals surface area (Å²) in [5.74, 6) is 0.159. The molecule has 5 aromatic rings. The van der Waals surface area contributed by atoms with Gasteiger partial charge in [-0.05, 0) is 26.0 Å². The molecule has 0 atom stereocenters. The first kappa shape index (κ1) is 24.0. The predicted octanol–water partition coefficient (Wildman–Crippen LogP) is 4.03. The number of amides is 2. The van der Waals surface area contributed by atoms with E-state index in [-0.39, 0.29) is 17.7 Å². The second-order valence-electron chi connectivity index (χ2n) is 8.94. The van der Waals surface area contributed by atoms with Crippen LogP contribution in [0.25, 0.3) is 44.7 Å². The fourth-order valence-corrected chi connectivity index (χ4v) is 4.08. The highest BCUT2D eigenvalue weighted by molar-refractivity contribution is 6.05. The van der Waals surface area contributed by atoms with Gasteiger partial charge in [0.05, 0.1) is 34.5 Å². The maximum atomic E-state index is 13.0. The number of aromatic nitrogens is 7.